The normalized spacial score (nSPS) is 38.4. The summed E-state index contributed by atoms with van der Waals surface area (Å²) in [4.78, 5) is 8.88. The van der Waals surface area contributed by atoms with Crippen molar-refractivity contribution < 1.29 is 0 Å². The van der Waals surface area contributed by atoms with Gasteiger partial charge in [-0.25, -0.2) is 9.97 Å². The highest BCUT2D eigenvalue weighted by molar-refractivity contribution is 7.99. The predicted molar refractivity (Wildman–Crippen MR) is 82.7 cm³/mol. The maximum absolute atomic E-state index is 4.51. The fourth-order valence-corrected chi connectivity index (χ4v) is 6.51. The highest BCUT2D eigenvalue weighted by atomic mass is 32.2. The molecule has 4 saturated carbocycles. The van der Waals surface area contributed by atoms with Crippen molar-refractivity contribution in [1.82, 2.24) is 9.97 Å². The molecular weight excluding hydrogens is 264 g/mol. The molecule has 2 nitrogen and oxygen atoms in total. The Labute approximate surface area is 126 Å². The largest absolute Gasteiger partial charge is 0.231 e. The van der Waals surface area contributed by atoms with Crippen LogP contribution in [0, 0.1) is 30.1 Å². The lowest BCUT2D eigenvalue weighted by molar-refractivity contribution is -0.0538. The molecule has 0 N–H and O–H groups in total. The Balaban J connectivity index is 1.37. The van der Waals surface area contributed by atoms with Crippen LogP contribution in [0.1, 0.15) is 50.6 Å². The third-order valence-electron chi connectivity index (χ3n) is 5.80. The van der Waals surface area contributed by atoms with E-state index in [0.717, 1.165) is 28.6 Å². The molecule has 0 radical (unpaired) electrons. The van der Waals surface area contributed by atoms with Crippen molar-refractivity contribution in [2.24, 2.45) is 23.2 Å². The molecule has 1 aromatic heterocycles. The van der Waals surface area contributed by atoms with E-state index in [1.54, 1.807) is 19.3 Å². The predicted octanol–water partition coefficient (Wildman–Crippen LogP) is 4.48. The molecule has 1 aromatic rings. The Hall–Kier alpha value is -0.570. The van der Waals surface area contributed by atoms with Crippen LogP contribution in [0.2, 0.25) is 0 Å². The number of thioether (sulfide) groups is 1. The maximum atomic E-state index is 4.51. The Morgan fingerprint density at radius 1 is 1.15 bits per heavy atom. The topological polar surface area (TPSA) is 25.8 Å². The van der Waals surface area contributed by atoms with E-state index in [1.807, 2.05) is 30.9 Å². The minimum Gasteiger partial charge on any atom is -0.231 e. The van der Waals surface area contributed by atoms with Gasteiger partial charge < -0.3 is 0 Å². The summed E-state index contributed by atoms with van der Waals surface area (Å²) in [5.41, 5.74) is 1.78. The molecule has 1 heterocycles. The molecule has 4 bridgehead atoms. The molecule has 0 unspecified atom stereocenters. The highest BCUT2D eigenvalue weighted by Gasteiger charge is 2.50. The van der Waals surface area contributed by atoms with Crippen molar-refractivity contribution in [2.75, 3.05) is 5.75 Å². The van der Waals surface area contributed by atoms with Gasteiger partial charge in [0.15, 0.2) is 5.16 Å². The van der Waals surface area contributed by atoms with E-state index in [4.69, 9.17) is 0 Å². The minimum atomic E-state index is 0.700. The van der Waals surface area contributed by atoms with Crippen LogP contribution in [0.15, 0.2) is 17.4 Å². The average Bonchev–Trinajstić information content (AvgIpc) is 2.36. The molecule has 5 rings (SSSR count). The van der Waals surface area contributed by atoms with E-state index in [2.05, 4.69) is 9.97 Å². The summed E-state index contributed by atoms with van der Waals surface area (Å²) in [5, 5.41) is 0.967. The molecular formula is C17H24N2S. The lowest BCUT2D eigenvalue weighted by atomic mass is 9.49. The van der Waals surface area contributed by atoms with Crippen molar-refractivity contribution in [2.45, 2.75) is 57.0 Å². The molecule has 4 fully saturated rings. The molecule has 0 atom stereocenters. The summed E-state index contributed by atoms with van der Waals surface area (Å²) in [6.07, 6.45) is 12.5. The van der Waals surface area contributed by atoms with E-state index in [0.29, 0.717) is 5.41 Å². The third kappa shape index (κ3) is 2.49. The second-order valence-corrected chi connectivity index (χ2v) is 8.56. The first-order valence-electron chi connectivity index (χ1n) is 8.13. The third-order valence-corrected chi connectivity index (χ3v) is 6.66. The van der Waals surface area contributed by atoms with Crippen LogP contribution in [0.25, 0.3) is 0 Å². The fourth-order valence-electron chi connectivity index (χ4n) is 5.45. The van der Waals surface area contributed by atoms with Crippen molar-refractivity contribution in [3.8, 4) is 0 Å². The van der Waals surface area contributed by atoms with E-state index < -0.39 is 0 Å². The van der Waals surface area contributed by atoms with Gasteiger partial charge in [-0.1, -0.05) is 11.8 Å². The van der Waals surface area contributed by atoms with Gasteiger partial charge in [0.25, 0.3) is 0 Å². The molecule has 3 heteroatoms. The maximum Gasteiger partial charge on any atom is 0.187 e. The van der Waals surface area contributed by atoms with E-state index >= 15 is 0 Å². The van der Waals surface area contributed by atoms with E-state index in [-0.39, 0.29) is 0 Å². The van der Waals surface area contributed by atoms with Crippen LogP contribution >= 0.6 is 11.8 Å². The fraction of sp³-hybridized carbons (Fsp3) is 0.765. The standard InChI is InChI=1S/C17H24N2S/c1-12-2-4-18-16(19-12)20-5-3-17-9-13-6-14(10-17)8-15(7-13)11-17/h2,4,13-15H,3,5-11H2,1H3. The minimum absolute atomic E-state index is 0.700. The summed E-state index contributed by atoms with van der Waals surface area (Å²) < 4.78 is 0. The van der Waals surface area contributed by atoms with Crippen LogP contribution in [0.3, 0.4) is 0 Å². The summed E-state index contributed by atoms with van der Waals surface area (Å²) in [6, 6.07) is 1.98. The zero-order valence-electron chi connectivity index (χ0n) is 12.3. The molecule has 0 aromatic carbocycles. The molecule has 0 spiro atoms. The van der Waals surface area contributed by atoms with Crippen LogP contribution in [-0.4, -0.2) is 15.7 Å². The van der Waals surface area contributed by atoms with Gasteiger partial charge in [0.1, 0.15) is 0 Å². The summed E-state index contributed by atoms with van der Waals surface area (Å²) >= 11 is 1.86. The van der Waals surface area contributed by atoms with Crippen LogP contribution in [0.4, 0.5) is 0 Å². The molecule has 108 valence electrons. The summed E-state index contributed by atoms with van der Waals surface area (Å²) in [5.74, 6) is 4.42. The number of nitrogens with zero attached hydrogens (tertiary/aromatic N) is 2. The Bertz CT molecular complexity index is 464. The lowest BCUT2D eigenvalue weighted by Gasteiger charge is -2.57. The second kappa shape index (κ2) is 5.01. The van der Waals surface area contributed by atoms with E-state index in [1.165, 1.54) is 31.4 Å². The molecule has 20 heavy (non-hydrogen) atoms. The Morgan fingerprint density at radius 3 is 2.40 bits per heavy atom. The van der Waals surface area contributed by atoms with Gasteiger partial charge in [0.05, 0.1) is 0 Å². The quantitative estimate of drug-likeness (QED) is 0.603. The van der Waals surface area contributed by atoms with Gasteiger partial charge in [-0.05, 0) is 81.1 Å². The van der Waals surface area contributed by atoms with Gasteiger partial charge in [0, 0.05) is 17.6 Å². The van der Waals surface area contributed by atoms with Gasteiger partial charge in [-0.2, -0.15) is 0 Å². The molecule has 4 aliphatic carbocycles. The van der Waals surface area contributed by atoms with Gasteiger partial charge in [-0.15, -0.1) is 0 Å². The number of hydrogen-bond donors (Lipinski definition) is 0. The van der Waals surface area contributed by atoms with Crippen molar-refractivity contribution in [3.05, 3.63) is 18.0 Å². The number of hydrogen-bond acceptors (Lipinski definition) is 3. The lowest BCUT2D eigenvalue weighted by Crippen LogP contribution is -2.46. The highest BCUT2D eigenvalue weighted by Crippen LogP contribution is 2.61. The smallest absolute Gasteiger partial charge is 0.187 e. The van der Waals surface area contributed by atoms with Crippen molar-refractivity contribution >= 4 is 11.8 Å². The first-order chi connectivity index (χ1) is 9.71. The summed E-state index contributed by atoms with van der Waals surface area (Å²) in [7, 11) is 0. The summed E-state index contributed by atoms with van der Waals surface area (Å²) in [6.45, 7) is 2.05. The second-order valence-electron chi connectivity index (χ2n) is 7.50. The first kappa shape index (κ1) is 13.1. The van der Waals surface area contributed by atoms with Gasteiger partial charge in [-0.3, -0.25) is 0 Å². The van der Waals surface area contributed by atoms with Crippen molar-refractivity contribution in [3.63, 3.8) is 0 Å². The van der Waals surface area contributed by atoms with Gasteiger partial charge >= 0.3 is 0 Å². The molecule has 0 aliphatic heterocycles. The Kier molecular flexibility index (Phi) is 3.29. The molecule has 4 aliphatic rings. The SMILES string of the molecule is Cc1ccnc(SCCC23CC4CC(CC(C4)C2)C3)n1. The zero-order valence-corrected chi connectivity index (χ0v) is 13.2. The zero-order chi connectivity index (χ0) is 13.6. The van der Waals surface area contributed by atoms with E-state index in [9.17, 15) is 0 Å². The average molecular weight is 288 g/mol. The van der Waals surface area contributed by atoms with Crippen molar-refractivity contribution in [1.29, 1.82) is 0 Å². The number of aromatic nitrogens is 2. The Morgan fingerprint density at radius 2 is 1.80 bits per heavy atom. The number of rotatable bonds is 4. The van der Waals surface area contributed by atoms with Crippen LogP contribution in [-0.2, 0) is 0 Å². The van der Waals surface area contributed by atoms with Crippen LogP contribution < -0.4 is 0 Å². The number of aryl methyl sites for hydroxylation is 1. The molecule has 0 amide bonds. The van der Waals surface area contributed by atoms with Crippen LogP contribution in [0.5, 0.6) is 0 Å². The monoisotopic (exact) mass is 288 g/mol. The first-order valence-corrected chi connectivity index (χ1v) is 9.12. The van der Waals surface area contributed by atoms with Gasteiger partial charge in [0.2, 0.25) is 0 Å². The molecule has 0 saturated heterocycles.